The molecule has 0 saturated carbocycles. The van der Waals surface area contributed by atoms with Gasteiger partial charge in [0.05, 0.1) is 0 Å². The number of hydrogen-bond acceptors (Lipinski definition) is 4. The van der Waals surface area contributed by atoms with Crippen LogP contribution in [0.2, 0.25) is 0 Å². The highest BCUT2D eigenvalue weighted by molar-refractivity contribution is 7.98. The maximum absolute atomic E-state index is 12.0. The van der Waals surface area contributed by atoms with E-state index < -0.39 is 0 Å². The molecular formula is C17H27NO2S. The normalized spacial score (nSPS) is 12.0. The third kappa shape index (κ3) is 5.27. The van der Waals surface area contributed by atoms with Gasteiger partial charge in [-0.15, -0.1) is 0 Å². The fourth-order valence-corrected chi connectivity index (χ4v) is 2.56. The molecule has 1 aromatic carbocycles. The van der Waals surface area contributed by atoms with Gasteiger partial charge in [0, 0.05) is 11.4 Å². The molecule has 21 heavy (non-hydrogen) atoms. The summed E-state index contributed by atoms with van der Waals surface area (Å²) in [6.45, 7) is 8.73. The Hall–Kier alpha value is -1.16. The van der Waals surface area contributed by atoms with E-state index in [4.69, 9.17) is 4.74 Å². The van der Waals surface area contributed by atoms with Crippen LogP contribution in [0.25, 0.3) is 0 Å². The van der Waals surface area contributed by atoms with Crippen LogP contribution in [0.3, 0.4) is 0 Å². The van der Waals surface area contributed by atoms with Crippen molar-refractivity contribution in [3.05, 3.63) is 28.8 Å². The van der Waals surface area contributed by atoms with Crippen molar-refractivity contribution in [2.24, 2.45) is 0 Å². The number of hydrogen-bond donors (Lipinski definition) is 1. The Balaban J connectivity index is 2.83. The van der Waals surface area contributed by atoms with Gasteiger partial charge in [0.1, 0.15) is 12.6 Å². The van der Waals surface area contributed by atoms with Crippen molar-refractivity contribution >= 4 is 23.4 Å². The van der Waals surface area contributed by atoms with E-state index in [0.717, 1.165) is 24.3 Å². The minimum Gasteiger partial charge on any atom is -0.463 e. The zero-order chi connectivity index (χ0) is 15.8. The van der Waals surface area contributed by atoms with Crippen molar-refractivity contribution < 1.29 is 9.53 Å². The van der Waals surface area contributed by atoms with Crippen LogP contribution < -0.4 is 5.32 Å². The Bertz CT molecular complexity index is 449. The molecule has 1 rings (SSSR count). The molecule has 0 spiro atoms. The maximum atomic E-state index is 12.0. The fourth-order valence-electron chi connectivity index (χ4n) is 2.31. The molecule has 1 atom stereocenters. The lowest BCUT2D eigenvalue weighted by molar-refractivity contribution is -0.143. The molecule has 0 aliphatic carbocycles. The average Bonchev–Trinajstić information content (AvgIpc) is 2.48. The van der Waals surface area contributed by atoms with E-state index >= 15 is 0 Å². The minimum absolute atomic E-state index is 0.186. The molecule has 1 aromatic rings. The number of ether oxygens (including phenoxy) is 1. The Morgan fingerprint density at radius 3 is 2.33 bits per heavy atom. The number of rotatable bonds is 8. The third-order valence-electron chi connectivity index (χ3n) is 3.45. The number of benzene rings is 1. The Labute approximate surface area is 132 Å². The van der Waals surface area contributed by atoms with Crippen molar-refractivity contribution in [2.75, 3.05) is 23.9 Å². The quantitative estimate of drug-likeness (QED) is 0.585. The summed E-state index contributed by atoms with van der Waals surface area (Å²) in [5.74, 6) is 0.650. The Kier molecular flexibility index (Phi) is 7.65. The zero-order valence-corrected chi connectivity index (χ0v) is 14.6. The second-order valence-electron chi connectivity index (χ2n) is 5.19. The zero-order valence-electron chi connectivity index (χ0n) is 13.8. The summed E-state index contributed by atoms with van der Waals surface area (Å²) in [7, 11) is 0. The van der Waals surface area contributed by atoms with Crippen molar-refractivity contribution in [1.29, 1.82) is 0 Å². The van der Waals surface area contributed by atoms with Gasteiger partial charge in [-0.05, 0) is 44.1 Å². The molecule has 0 fully saturated rings. The summed E-state index contributed by atoms with van der Waals surface area (Å²) in [5, 5.41) is 3.35. The largest absolute Gasteiger partial charge is 0.463 e. The van der Waals surface area contributed by atoms with Gasteiger partial charge in [0.25, 0.3) is 0 Å². The van der Waals surface area contributed by atoms with Gasteiger partial charge < -0.3 is 10.1 Å². The smallest absolute Gasteiger partial charge is 0.328 e. The number of esters is 1. The van der Waals surface area contributed by atoms with Gasteiger partial charge >= 0.3 is 5.97 Å². The summed E-state index contributed by atoms with van der Waals surface area (Å²) in [6.07, 6.45) is 3.90. The molecule has 0 radical (unpaired) electrons. The third-order valence-corrected chi connectivity index (χ3v) is 4.03. The molecule has 0 aliphatic heterocycles. The Morgan fingerprint density at radius 1 is 1.29 bits per heavy atom. The predicted octanol–water partition coefficient (Wildman–Crippen LogP) is 3.83. The number of carbonyl (C=O) groups excluding carboxylic acids is 1. The monoisotopic (exact) mass is 309 g/mol. The summed E-state index contributed by atoms with van der Waals surface area (Å²) >= 11 is 1.68. The second kappa shape index (κ2) is 8.98. The fraction of sp³-hybridized carbons (Fsp3) is 0.588. The van der Waals surface area contributed by atoms with Crippen LogP contribution in [0.4, 0.5) is 5.69 Å². The van der Waals surface area contributed by atoms with Crippen LogP contribution in [0.5, 0.6) is 0 Å². The summed E-state index contributed by atoms with van der Waals surface area (Å²) < 4.78 is 5.26. The Morgan fingerprint density at radius 2 is 1.86 bits per heavy atom. The van der Waals surface area contributed by atoms with Gasteiger partial charge in [-0.1, -0.05) is 31.5 Å². The molecule has 0 amide bonds. The van der Waals surface area contributed by atoms with Gasteiger partial charge in [-0.25, -0.2) is 4.79 Å². The van der Waals surface area contributed by atoms with Gasteiger partial charge in [0.15, 0.2) is 0 Å². The van der Waals surface area contributed by atoms with E-state index in [9.17, 15) is 4.79 Å². The van der Waals surface area contributed by atoms with Crippen LogP contribution in [0.1, 0.15) is 37.5 Å². The molecule has 1 N–H and O–H groups in total. The molecule has 4 heteroatoms. The van der Waals surface area contributed by atoms with E-state index in [0.29, 0.717) is 6.61 Å². The molecular weight excluding hydrogens is 282 g/mol. The SMILES string of the molecule is CCc1cc(C)cc(CC)c1N[C@@H](C)C(=O)OCCSC. The van der Waals surface area contributed by atoms with E-state index in [1.807, 2.05) is 13.2 Å². The maximum Gasteiger partial charge on any atom is 0.328 e. The second-order valence-corrected chi connectivity index (χ2v) is 6.18. The van der Waals surface area contributed by atoms with E-state index in [1.54, 1.807) is 11.8 Å². The summed E-state index contributed by atoms with van der Waals surface area (Å²) in [5.41, 5.74) is 4.88. The minimum atomic E-state index is -0.329. The number of thioether (sulfide) groups is 1. The molecule has 0 aromatic heterocycles. The van der Waals surface area contributed by atoms with Crippen molar-refractivity contribution in [1.82, 2.24) is 0 Å². The first-order chi connectivity index (χ1) is 10.0. The lowest BCUT2D eigenvalue weighted by Gasteiger charge is -2.20. The lowest BCUT2D eigenvalue weighted by atomic mass is 9.99. The van der Waals surface area contributed by atoms with Crippen LogP contribution in [0, 0.1) is 6.92 Å². The topological polar surface area (TPSA) is 38.3 Å². The molecule has 3 nitrogen and oxygen atoms in total. The first-order valence-corrected chi connectivity index (χ1v) is 8.97. The number of anilines is 1. The molecule has 118 valence electrons. The van der Waals surface area contributed by atoms with E-state index in [1.165, 1.54) is 16.7 Å². The number of carbonyl (C=O) groups is 1. The molecule has 0 aliphatic rings. The van der Waals surface area contributed by atoms with Crippen molar-refractivity contribution in [3.8, 4) is 0 Å². The van der Waals surface area contributed by atoms with Crippen LogP contribution in [0.15, 0.2) is 12.1 Å². The lowest BCUT2D eigenvalue weighted by Crippen LogP contribution is -2.29. The summed E-state index contributed by atoms with van der Waals surface area (Å²) in [4.78, 5) is 12.0. The standard InChI is InChI=1S/C17H27NO2S/c1-6-14-10-12(3)11-15(7-2)16(14)18-13(4)17(19)20-8-9-21-5/h10-11,13,18H,6-9H2,1-5H3/t13-/m0/s1. The van der Waals surface area contributed by atoms with Crippen molar-refractivity contribution in [3.63, 3.8) is 0 Å². The van der Waals surface area contributed by atoms with Gasteiger partial charge in [-0.2, -0.15) is 11.8 Å². The van der Waals surface area contributed by atoms with Crippen LogP contribution >= 0.6 is 11.8 Å². The van der Waals surface area contributed by atoms with Crippen LogP contribution in [-0.4, -0.2) is 30.6 Å². The van der Waals surface area contributed by atoms with Gasteiger partial charge in [0.2, 0.25) is 0 Å². The van der Waals surface area contributed by atoms with E-state index in [2.05, 4.69) is 38.2 Å². The van der Waals surface area contributed by atoms with Crippen molar-refractivity contribution in [2.45, 2.75) is 46.6 Å². The molecule has 0 heterocycles. The van der Waals surface area contributed by atoms with Crippen LogP contribution in [-0.2, 0) is 22.4 Å². The predicted molar refractivity (Wildman–Crippen MR) is 92.4 cm³/mol. The molecule has 0 saturated heterocycles. The highest BCUT2D eigenvalue weighted by Crippen LogP contribution is 2.25. The average molecular weight is 309 g/mol. The number of nitrogens with one attached hydrogen (secondary N) is 1. The highest BCUT2D eigenvalue weighted by atomic mass is 32.2. The molecule has 0 unspecified atom stereocenters. The summed E-state index contributed by atoms with van der Waals surface area (Å²) in [6, 6.07) is 4.05. The first kappa shape index (κ1) is 17.9. The highest BCUT2D eigenvalue weighted by Gasteiger charge is 2.17. The van der Waals surface area contributed by atoms with Gasteiger partial charge in [-0.3, -0.25) is 0 Å². The first-order valence-electron chi connectivity index (χ1n) is 7.57. The number of aryl methyl sites for hydroxylation is 3. The van der Waals surface area contributed by atoms with E-state index in [-0.39, 0.29) is 12.0 Å². The molecule has 0 bridgehead atoms.